The van der Waals surface area contributed by atoms with Gasteiger partial charge < -0.3 is 0 Å². The Bertz CT molecular complexity index is 575. The fraction of sp³-hybridized carbons (Fsp3) is 0.684. The Hall–Kier alpha value is -1.47. The molecule has 0 amide bonds. The molecule has 22 heavy (non-hydrogen) atoms. The van der Waals surface area contributed by atoms with Crippen molar-refractivity contribution in [3.63, 3.8) is 0 Å². The summed E-state index contributed by atoms with van der Waals surface area (Å²) < 4.78 is 0. The maximum Gasteiger partial charge on any atom is 0.0386 e. The lowest BCUT2D eigenvalue weighted by atomic mass is 9.73. The summed E-state index contributed by atoms with van der Waals surface area (Å²) in [5.74, 6) is 1.56. The van der Waals surface area contributed by atoms with Crippen molar-refractivity contribution in [2.75, 3.05) is 0 Å². The van der Waals surface area contributed by atoms with E-state index in [1.807, 2.05) is 6.92 Å². The van der Waals surface area contributed by atoms with Crippen LogP contribution in [0.3, 0.4) is 0 Å². The van der Waals surface area contributed by atoms with Gasteiger partial charge in [0.05, 0.1) is 0 Å². The smallest absolute Gasteiger partial charge is 0.0386 e. The van der Waals surface area contributed by atoms with Crippen LogP contribution in [0, 0.1) is 11.8 Å². The van der Waals surface area contributed by atoms with E-state index in [0.29, 0.717) is 0 Å². The van der Waals surface area contributed by atoms with Crippen LogP contribution in [0.15, 0.2) is 11.2 Å². The van der Waals surface area contributed by atoms with E-state index in [4.69, 9.17) is 5.53 Å². The standard InChI is InChI=1S/C19H27N3/c1-12-4-6-15-11-16-7-5-13(2)9-18(16)19(17(15)8-12)10-14(3)21-22-20/h11-14H,4-10H2,1-3H3. The third-order valence-electron chi connectivity index (χ3n) is 5.52. The molecule has 0 radical (unpaired) electrons. The van der Waals surface area contributed by atoms with E-state index in [9.17, 15) is 0 Å². The van der Waals surface area contributed by atoms with Gasteiger partial charge in [-0.2, -0.15) is 0 Å². The van der Waals surface area contributed by atoms with Crippen LogP contribution in [-0.2, 0) is 32.1 Å². The van der Waals surface area contributed by atoms with Crippen LogP contribution in [0.2, 0.25) is 0 Å². The molecule has 118 valence electrons. The number of hydrogen-bond donors (Lipinski definition) is 0. The molecule has 0 fully saturated rings. The number of azide groups is 1. The second kappa shape index (κ2) is 6.34. The number of rotatable bonds is 3. The molecule has 2 aliphatic carbocycles. The SMILES string of the molecule is CC1CCc2cc3c(c(CC(C)N=[N+]=[N-])c2C1)CC(C)CC3. The predicted molar refractivity (Wildman–Crippen MR) is 91.1 cm³/mol. The molecule has 0 spiro atoms. The topological polar surface area (TPSA) is 48.8 Å². The predicted octanol–water partition coefficient (Wildman–Crippen LogP) is 5.18. The Balaban J connectivity index is 2.08. The van der Waals surface area contributed by atoms with E-state index >= 15 is 0 Å². The van der Waals surface area contributed by atoms with E-state index < -0.39 is 0 Å². The van der Waals surface area contributed by atoms with Crippen molar-refractivity contribution in [2.24, 2.45) is 17.0 Å². The number of hydrogen-bond acceptors (Lipinski definition) is 1. The van der Waals surface area contributed by atoms with Crippen LogP contribution in [0.5, 0.6) is 0 Å². The lowest BCUT2D eigenvalue weighted by Gasteiger charge is -2.32. The molecule has 3 nitrogen and oxygen atoms in total. The summed E-state index contributed by atoms with van der Waals surface area (Å²) in [7, 11) is 0. The molecule has 2 aliphatic rings. The minimum absolute atomic E-state index is 0.0510. The Labute approximate surface area is 133 Å². The highest BCUT2D eigenvalue weighted by atomic mass is 15.1. The highest BCUT2D eigenvalue weighted by molar-refractivity contribution is 5.49. The van der Waals surface area contributed by atoms with Gasteiger partial charge in [0.15, 0.2) is 0 Å². The summed E-state index contributed by atoms with van der Waals surface area (Å²) >= 11 is 0. The normalized spacial score (nSPS) is 24.9. The molecule has 0 saturated heterocycles. The first-order valence-corrected chi connectivity index (χ1v) is 8.78. The fourth-order valence-electron chi connectivity index (χ4n) is 4.28. The van der Waals surface area contributed by atoms with Crippen molar-refractivity contribution in [1.29, 1.82) is 0 Å². The minimum Gasteiger partial charge on any atom is -0.0906 e. The monoisotopic (exact) mass is 297 g/mol. The summed E-state index contributed by atoms with van der Waals surface area (Å²) in [6, 6.07) is 2.56. The Morgan fingerprint density at radius 3 is 2.18 bits per heavy atom. The molecule has 3 atom stereocenters. The van der Waals surface area contributed by atoms with Crippen molar-refractivity contribution >= 4 is 0 Å². The van der Waals surface area contributed by atoms with Gasteiger partial charge in [-0.15, -0.1) is 0 Å². The number of nitrogens with zero attached hydrogens (tertiary/aromatic N) is 3. The minimum atomic E-state index is 0.0510. The third kappa shape index (κ3) is 3.01. The second-order valence-electron chi connectivity index (χ2n) is 7.58. The largest absolute Gasteiger partial charge is 0.0906 e. The van der Waals surface area contributed by atoms with Crippen LogP contribution in [0.1, 0.15) is 61.4 Å². The molecule has 0 bridgehead atoms. The van der Waals surface area contributed by atoms with Crippen molar-refractivity contribution in [3.05, 3.63) is 44.3 Å². The maximum atomic E-state index is 8.73. The number of benzene rings is 1. The Morgan fingerprint density at radius 2 is 1.68 bits per heavy atom. The molecule has 0 aromatic heterocycles. The maximum absolute atomic E-state index is 8.73. The van der Waals surface area contributed by atoms with Gasteiger partial charge in [-0.05, 0) is 90.1 Å². The Kier molecular flexibility index (Phi) is 4.44. The molecular weight excluding hydrogens is 270 g/mol. The van der Waals surface area contributed by atoms with Crippen LogP contribution in [0.25, 0.3) is 10.4 Å². The number of fused-ring (bicyclic) bond motifs is 2. The summed E-state index contributed by atoms with van der Waals surface area (Å²) in [5, 5.41) is 3.94. The van der Waals surface area contributed by atoms with Gasteiger partial charge in [0, 0.05) is 11.0 Å². The molecule has 0 heterocycles. The van der Waals surface area contributed by atoms with E-state index in [1.54, 1.807) is 22.3 Å². The summed E-state index contributed by atoms with van der Waals surface area (Å²) in [6.45, 7) is 6.78. The van der Waals surface area contributed by atoms with E-state index in [1.165, 1.54) is 44.1 Å². The van der Waals surface area contributed by atoms with Crippen molar-refractivity contribution in [3.8, 4) is 0 Å². The fourth-order valence-corrected chi connectivity index (χ4v) is 4.28. The molecular formula is C19H27N3. The summed E-state index contributed by atoms with van der Waals surface area (Å²) in [5.41, 5.74) is 16.6. The highest BCUT2D eigenvalue weighted by Crippen LogP contribution is 2.37. The molecule has 3 heteroatoms. The van der Waals surface area contributed by atoms with E-state index in [2.05, 4.69) is 29.9 Å². The average Bonchev–Trinajstić information content (AvgIpc) is 2.48. The average molecular weight is 297 g/mol. The van der Waals surface area contributed by atoms with E-state index in [0.717, 1.165) is 18.3 Å². The molecule has 1 aromatic carbocycles. The van der Waals surface area contributed by atoms with Gasteiger partial charge in [0.1, 0.15) is 0 Å². The van der Waals surface area contributed by atoms with Gasteiger partial charge in [-0.1, -0.05) is 32.0 Å². The zero-order valence-electron chi connectivity index (χ0n) is 14.1. The first-order valence-electron chi connectivity index (χ1n) is 8.78. The second-order valence-corrected chi connectivity index (χ2v) is 7.58. The van der Waals surface area contributed by atoms with Gasteiger partial charge in [-0.3, -0.25) is 0 Å². The molecule has 1 aromatic rings. The lowest BCUT2D eigenvalue weighted by Crippen LogP contribution is -2.22. The van der Waals surface area contributed by atoms with Gasteiger partial charge in [0.25, 0.3) is 0 Å². The van der Waals surface area contributed by atoms with E-state index in [-0.39, 0.29) is 6.04 Å². The van der Waals surface area contributed by atoms with Gasteiger partial charge in [-0.25, -0.2) is 0 Å². The van der Waals surface area contributed by atoms with Crippen LogP contribution < -0.4 is 0 Å². The zero-order chi connectivity index (χ0) is 15.7. The van der Waals surface area contributed by atoms with Gasteiger partial charge >= 0.3 is 0 Å². The van der Waals surface area contributed by atoms with Crippen LogP contribution in [-0.4, -0.2) is 6.04 Å². The van der Waals surface area contributed by atoms with Crippen molar-refractivity contribution in [2.45, 2.75) is 71.8 Å². The Morgan fingerprint density at radius 1 is 1.14 bits per heavy atom. The molecule has 0 aliphatic heterocycles. The zero-order valence-corrected chi connectivity index (χ0v) is 14.1. The quantitative estimate of drug-likeness (QED) is 0.419. The summed E-state index contributed by atoms with van der Waals surface area (Å²) in [4.78, 5) is 3.01. The molecule has 3 rings (SSSR count). The number of aryl methyl sites for hydroxylation is 2. The highest BCUT2D eigenvalue weighted by Gasteiger charge is 2.26. The van der Waals surface area contributed by atoms with Crippen molar-refractivity contribution in [1.82, 2.24) is 0 Å². The molecule has 0 N–H and O–H groups in total. The first kappa shape index (κ1) is 15.4. The first-order chi connectivity index (χ1) is 10.6. The van der Waals surface area contributed by atoms with Gasteiger partial charge in [0.2, 0.25) is 0 Å². The lowest BCUT2D eigenvalue weighted by molar-refractivity contribution is 0.478. The van der Waals surface area contributed by atoms with Crippen molar-refractivity contribution < 1.29 is 0 Å². The van der Waals surface area contributed by atoms with Crippen LogP contribution >= 0.6 is 0 Å². The third-order valence-corrected chi connectivity index (χ3v) is 5.52. The summed E-state index contributed by atoms with van der Waals surface area (Å²) in [6.07, 6.45) is 8.39. The molecule has 3 unspecified atom stereocenters. The van der Waals surface area contributed by atoms with Crippen LogP contribution in [0.4, 0.5) is 0 Å². The molecule has 0 saturated carbocycles.